The first kappa shape index (κ1) is 82.0. The Balaban J connectivity index is 0.0000000859. The number of fused-ring (bicyclic) bond motifs is 57. The molecule has 18 heterocycles. The molecule has 30 bridgehead atoms. The highest BCUT2D eigenvalue weighted by Crippen LogP contribution is 2.54. The van der Waals surface area contributed by atoms with Gasteiger partial charge >= 0.3 is 0 Å². The fourth-order valence-corrected chi connectivity index (χ4v) is 30.3. The van der Waals surface area contributed by atoms with Crippen molar-refractivity contribution in [3.05, 3.63) is 480 Å². The number of pyridine rings is 1. The number of aromatic nitrogens is 9. The van der Waals surface area contributed by atoms with E-state index < -0.39 is 0 Å². The SMILES string of the molecule is c1cc2cc(c1)-c1cccc(c1)-n1c3ccccc3c3c4c5ccccc5n(c4sc31)-c1cccc-2c1.c1cc2cc(c1)-n1c3ccccc3c3c4c5ccccc5n(c4sc31)-c1cccc(c1)-c1cncc-2c1.c1cc2cc(c1)c1cccc(c1)n1c3ccccc3c3sc4c5ccccc5n(c5cccc2c5)c4c31.c1ccc2c(c1)c1c3c4ccccc4n4c5cccc(c5)c5ccc(cc5)c5cccc(c5)n2c1sc34. The summed E-state index contributed by atoms with van der Waals surface area (Å²) >= 11 is 7.60. The van der Waals surface area contributed by atoms with Gasteiger partial charge in [0, 0.05) is 144 Å². The molecular formula is C135H79N9S4. The average molecular weight is 1960 g/mol. The highest BCUT2D eigenvalue weighted by Gasteiger charge is 2.30. The first-order chi connectivity index (χ1) is 73.4. The van der Waals surface area contributed by atoms with Gasteiger partial charge in [-0.3, -0.25) is 4.98 Å². The van der Waals surface area contributed by atoms with E-state index in [1.807, 2.05) is 57.7 Å². The third-order valence-electron chi connectivity index (χ3n) is 31.3. The molecule has 0 N–H and O–H groups in total. The molecule has 0 unspecified atom stereocenters. The van der Waals surface area contributed by atoms with Crippen molar-refractivity contribution >= 4 is 279 Å². The third kappa shape index (κ3) is 11.9. The van der Waals surface area contributed by atoms with Crippen LogP contribution in [0.1, 0.15) is 0 Å². The lowest BCUT2D eigenvalue weighted by Gasteiger charge is -2.13. The van der Waals surface area contributed by atoms with Gasteiger partial charge in [0.2, 0.25) is 0 Å². The first-order valence-corrected chi connectivity index (χ1v) is 53.6. The van der Waals surface area contributed by atoms with E-state index in [1.165, 1.54) is 290 Å². The van der Waals surface area contributed by atoms with Crippen LogP contribution in [0, 0.1) is 0 Å². The Morgan fingerprint density at radius 3 is 0.736 bits per heavy atom. The van der Waals surface area contributed by atoms with E-state index in [2.05, 4.69) is 508 Å². The van der Waals surface area contributed by atoms with Gasteiger partial charge < -0.3 is 35.9 Å². The number of hydrogen-bond donors (Lipinski definition) is 0. The van der Waals surface area contributed by atoms with Crippen molar-refractivity contribution in [2.24, 2.45) is 0 Å². The second kappa shape index (κ2) is 31.5. The topological polar surface area (TPSA) is 50.2 Å². The Bertz CT molecular complexity index is 10900. The second-order valence-electron chi connectivity index (χ2n) is 39.3. The summed E-state index contributed by atoms with van der Waals surface area (Å²) in [7, 11) is 0. The highest BCUT2D eigenvalue weighted by atomic mass is 32.1. The van der Waals surface area contributed by atoms with Gasteiger partial charge in [0.25, 0.3) is 0 Å². The minimum absolute atomic E-state index is 1.12. The van der Waals surface area contributed by atoms with E-state index >= 15 is 0 Å². The van der Waals surface area contributed by atoms with Crippen LogP contribution in [0.4, 0.5) is 0 Å². The summed E-state index contributed by atoms with van der Waals surface area (Å²) in [5.41, 5.74) is 31.6. The molecule has 2 aliphatic rings. The van der Waals surface area contributed by atoms with Crippen LogP contribution in [0.2, 0.25) is 0 Å². The summed E-state index contributed by atoms with van der Waals surface area (Å²) in [6, 6.07) is 171. The Morgan fingerprint density at radius 2 is 0.392 bits per heavy atom. The summed E-state index contributed by atoms with van der Waals surface area (Å²) in [4.78, 5) is 12.4. The molecule has 19 aromatic carbocycles. The smallest absolute Gasteiger partial charge is 0.111 e. The molecule has 0 saturated heterocycles. The van der Waals surface area contributed by atoms with E-state index in [-0.39, 0.29) is 0 Å². The molecule has 0 amide bonds. The molecule has 0 fully saturated rings. The summed E-state index contributed by atoms with van der Waals surface area (Å²) in [5.74, 6) is 0. The van der Waals surface area contributed by atoms with Crippen molar-refractivity contribution < 1.29 is 0 Å². The van der Waals surface area contributed by atoms with Gasteiger partial charge in [-0.25, -0.2) is 0 Å². The molecule has 2 aliphatic heterocycles. The van der Waals surface area contributed by atoms with E-state index in [1.54, 1.807) is 0 Å². The number of para-hydroxylation sites is 8. The molecule has 688 valence electrons. The van der Waals surface area contributed by atoms with Gasteiger partial charge in [-0.15, -0.1) is 11.3 Å². The molecule has 0 atom stereocenters. The molecule has 0 saturated carbocycles. The number of hydrogen-bond acceptors (Lipinski definition) is 5. The molecule has 0 spiro atoms. The lowest BCUT2D eigenvalue weighted by atomic mass is 9.98. The molecular weight excluding hydrogens is 1880 g/mol. The Hall–Kier alpha value is -18.5. The second-order valence-corrected chi connectivity index (χ2v) is 43.2. The van der Waals surface area contributed by atoms with Gasteiger partial charge in [0.1, 0.15) is 29.0 Å². The van der Waals surface area contributed by atoms with Crippen molar-refractivity contribution in [3.8, 4) is 67.3 Å². The molecule has 0 radical (unpaired) electrons. The van der Waals surface area contributed by atoms with Crippen LogP contribution < -0.4 is 0 Å². The number of benzene rings is 19. The zero-order valence-corrected chi connectivity index (χ0v) is 82.5. The Kier molecular flexibility index (Phi) is 17.5. The zero-order chi connectivity index (χ0) is 96.3. The van der Waals surface area contributed by atoms with Crippen LogP contribution in [0.15, 0.2) is 480 Å². The minimum Gasteiger partial charge on any atom is -0.306 e. The van der Waals surface area contributed by atoms with Gasteiger partial charge in [-0.05, 0) is 240 Å². The Morgan fingerprint density at radius 1 is 0.155 bits per heavy atom. The van der Waals surface area contributed by atoms with Gasteiger partial charge in [0.15, 0.2) is 0 Å². The van der Waals surface area contributed by atoms with Crippen molar-refractivity contribution in [1.29, 1.82) is 0 Å². The van der Waals surface area contributed by atoms with Crippen molar-refractivity contribution in [1.82, 2.24) is 40.9 Å². The lowest BCUT2D eigenvalue weighted by Crippen LogP contribution is -1.95. The number of thiophene rings is 4. The van der Waals surface area contributed by atoms with Crippen LogP contribution in [-0.4, -0.2) is 40.9 Å². The molecule has 13 heteroatoms. The van der Waals surface area contributed by atoms with Crippen molar-refractivity contribution in [2.75, 3.05) is 0 Å². The third-order valence-corrected chi connectivity index (χ3v) is 36.0. The number of rotatable bonds is 0. The van der Waals surface area contributed by atoms with Crippen LogP contribution >= 0.6 is 45.3 Å². The Labute approximate surface area is 860 Å². The maximum atomic E-state index is 4.64. The molecule has 16 aromatic heterocycles. The van der Waals surface area contributed by atoms with E-state index in [0.717, 1.165) is 11.1 Å². The molecule has 37 rings (SSSR count). The molecule has 148 heavy (non-hydrogen) atoms. The van der Waals surface area contributed by atoms with Crippen LogP contribution in [0.3, 0.4) is 0 Å². The van der Waals surface area contributed by atoms with E-state index in [0.29, 0.717) is 0 Å². The average Bonchev–Trinajstić information content (AvgIpc) is 1.52. The van der Waals surface area contributed by atoms with Crippen molar-refractivity contribution in [3.63, 3.8) is 0 Å². The summed E-state index contributed by atoms with van der Waals surface area (Å²) in [6.45, 7) is 0. The molecule has 9 nitrogen and oxygen atoms in total. The van der Waals surface area contributed by atoms with Gasteiger partial charge in [-0.2, -0.15) is 0 Å². The monoisotopic (exact) mass is 1950 g/mol. The predicted molar refractivity (Wildman–Crippen MR) is 633 cm³/mol. The fraction of sp³-hybridized carbons (Fsp3) is 0. The van der Waals surface area contributed by atoms with Crippen LogP contribution in [-0.2, 0) is 0 Å². The standard InChI is InChI=1S/3C34H20N2S.C33H19N3S/c1-3-16-29-27(14-1)33-31-32-34(37-33)28-15-2-4-17-30(28)36(32)26-13-7-11-24(20-26)22-9-5-8-21(18-22)23-10-6-12-25(19-23)35(29)31;1-3-16-29-27(14-1)31-32-28-15-2-4-17-30(28)36-26-13-7-11-24(20-26)22-9-5-8-21(18-22)23-10-6-12-25(19-23)35(29)33(31)37-34(32)36;1-3-13-29-27(11-1)31-32-28-12-2-4-14-30(28)36-26-10-6-8-24(20-26)22-17-15-21(16-18-22)23-7-5-9-25(19-23)35(29)33(31)37-34(32)36;1-3-13-28-26(11-1)30-31-27-12-2-4-14-29(27)36-25-10-6-8-21(17-25)23-15-22(18-34-19-23)20-7-5-9-24(16-20)35(28)32(30)37-33(31)36/h3*1-20H;1-19H. The molecule has 0 aliphatic carbocycles. The minimum atomic E-state index is 1.12. The normalized spacial score (nSPS) is 12.3. The summed E-state index contributed by atoms with van der Waals surface area (Å²) < 4.78 is 22.4. The lowest BCUT2D eigenvalue weighted by molar-refractivity contribution is 1.19. The highest BCUT2D eigenvalue weighted by molar-refractivity contribution is 7.28. The quantitative estimate of drug-likeness (QED) is 0.149. The van der Waals surface area contributed by atoms with E-state index in [4.69, 9.17) is 0 Å². The molecule has 35 aromatic rings. The van der Waals surface area contributed by atoms with Gasteiger partial charge in [-0.1, -0.05) is 337 Å². The fourth-order valence-electron chi connectivity index (χ4n) is 24.8. The van der Waals surface area contributed by atoms with Crippen LogP contribution in [0.25, 0.3) is 301 Å². The summed E-state index contributed by atoms with van der Waals surface area (Å²) in [5, 5.41) is 28.3. The predicted octanol–water partition coefficient (Wildman–Crippen LogP) is 38.0. The largest absolute Gasteiger partial charge is 0.306 e. The maximum Gasteiger partial charge on any atom is 0.111 e. The van der Waals surface area contributed by atoms with Gasteiger partial charge in [0.05, 0.1) is 64.6 Å². The number of nitrogens with zero attached hydrogens (tertiary/aromatic N) is 9. The summed E-state index contributed by atoms with van der Waals surface area (Å²) in [6.07, 6.45) is 3.93. The van der Waals surface area contributed by atoms with E-state index in [9.17, 15) is 0 Å². The maximum absolute atomic E-state index is 4.64. The zero-order valence-electron chi connectivity index (χ0n) is 79.3. The van der Waals surface area contributed by atoms with Crippen LogP contribution in [0.5, 0.6) is 0 Å². The van der Waals surface area contributed by atoms with Crippen molar-refractivity contribution in [2.45, 2.75) is 0 Å². The first-order valence-electron chi connectivity index (χ1n) is 50.3.